The summed E-state index contributed by atoms with van der Waals surface area (Å²) in [6.07, 6.45) is 1.73. The van der Waals surface area contributed by atoms with Gasteiger partial charge in [0.05, 0.1) is 11.0 Å². The molecule has 1 aromatic carbocycles. The lowest BCUT2D eigenvalue weighted by molar-refractivity contribution is 0.690. The number of hydrogen-bond acceptors (Lipinski definition) is 2. The molecule has 0 spiro atoms. The fourth-order valence-electron chi connectivity index (χ4n) is 2.73. The minimum Gasteiger partial charge on any atom is -0.328 e. The summed E-state index contributed by atoms with van der Waals surface area (Å²) in [5.41, 5.74) is 3.68. The molecule has 0 aliphatic rings. The number of para-hydroxylation sites is 2. The Labute approximate surface area is 117 Å². The van der Waals surface area contributed by atoms with E-state index >= 15 is 0 Å². The maximum Gasteiger partial charge on any atom is 0.262 e. The molecule has 104 valence electrons. The van der Waals surface area contributed by atoms with Gasteiger partial charge in [0.2, 0.25) is 5.78 Å². The Hall–Kier alpha value is -2.10. The maximum atomic E-state index is 12.8. The van der Waals surface area contributed by atoms with Gasteiger partial charge in [0.25, 0.3) is 5.56 Å². The quantitative estimate of drug-likeness (QED) is 0.793. The van der Waals surface area contributed by atoms with Gasteiger partial charge in [-0.1, -0.05) is 32.9 Å². The molecule has 0 saturated carbocycles. The molecule has 0 bridgehead atoms. The molecular formula is C16H19N3O. The van der Waals surface area contributed by atoms with Crippen molar-refractivity contribution in [1.29, 1.82) is 0 Å². The lowest BCUT2D eigenvalue weighted by Gasteiger charge is -2.14. The monoisotopic (exact) mass is 269 g/mol. The summed E-state index contributed by atoms with van der Waals surface area (Å²) in [5, 5.41) is 0. The minimum atomic E-state index is 0.0604. The van der Waals surface area contributed by atoms with Crippen molar-refractivity contribution >= 4 is 16.8 Å². The molecule has 0 aliphatic carbocycles. The van der Waals surface area contributed by atoms with Gasteiger partial charge in [-0.3, -0.25) is 4.79 Å². The van der Waals surface area contributed by atoms with E-state index in [1.54, 1.807) is 4.40 Å². The summed E-state index contributed by atoms with van der Waals surface area (Å²) >= 11 is 0. The predicted molar refractivity (Wildman–Crippen MR) is 81.4 cm³/mol. The molecule has 0 amide bonds. The lowest BCUT2D eigenvalue weighted by Crippen LogP contribution is -2.22. The second-order valence-corrected chi connectivity index (χ2v) is 5.24. The standard InChI is InChI=1S/C16H19N3O/c1-4-10(3)14-11(5-2)15(20)19-13-9-7-6-8-12(13)17-16(19)18-14/h6-10H,4-5H2,1-3H3,(H,17,18). The normalized spacial score (nSPS) is 13.2. The number of nitrogens with zero attached hydrogens (tertiary/aromatic N) is 2. The summed E-state index contributed by atoms with van der Waals surface area (Å²) in [5.74, 6) is 0.978. The van der Waals surface area contributed by atoms with Crippen molar-refractivity contribution in [2.24, 2.45) is 0 Å². The van der Waals surface area contributed by atoms with Crippen LogP contribution < -0.4 is 5.56 Å². The number of nitrogens with one attached hydrogen (secondary N) is 1. The average molecular weight is 269 g/mol. The van der Waals surface area contributed by atoms with E-state index in [2.05, 4.69) is 23.8 Å². The van der Waals surface area contributed by atoms with E-state index in [0.717, 1.165) is 35.1 Å². The van der Waals surface area contributed by atoms with Crippen molar-refractivity contribution in [2.75, 3.05) is 0 Å². The van der Waals surface area contributed by atoms with Gasteiger partial charge in [-0.25, -0.2) is 9.38 Å². The average Bonchev–Trinajstić information content (AvgIpc) is 2.84. The zero-order valence-electron chi connectivity index (χ0n) is 12.1. The SMILES string of the molecule is CCc1c(C(C)CC)[nH]c2nc3ccccc3n2c1=O. The molecule has 1 N–H and O–H groups in total. The Kier molecular flexibility index (Phi) is 3.08. The number of aromatic amines is 1. The Bertz CT molecular complexity index is 829. The van der Waals surface area contributed by atoms with Gasteiger partial charge in [0.1, 0.15) is 0 Å². The molecular weight excluding hydrogens is 250 g/mol. The van der Waals surface area contributed by atoms with Crippen LogP contribution in [0.5, 0.6) is 0 Å². The molecule has 0 radical (unpaired) electrons. The predicted octanol–water partition coefficient (Wildman–Crippen LogP) is 3.25. The number of rotatable bonds is 3. The van der Waals surface area contributed by atoms with Crippen LogP contribution in [-0.4, -0.2) is 14.4 Å². The molecule has 3 rings (SSSR count). The van der Waals surface area contributed by atoms with Crippen molar-refractivity contribution in [2.45, 2.75) is 39.5 Å². The third-order valence-corrected chi connectivity index (χ3v) is 4.05. The highest BCUT2D eigenvalue weighted by Crippen LogP contribution is 2.21. The van der Waals surface area contributed by atoms with E-state index < -0.39 is 0 Å². The van der Waals surface area contributed by atoms with E-state index in [0.29, 0.717) is 11.7 Å². The molecule has 2 aromatic heterocycles. The van der Waals surface area contributed by atoms with Crippen LogP contribution in [0.3, 0.4) is 0 Å². The fourth-order valence-corrected chi connectivity index (χ4v) is 2.73. The molecule has 0 saturated heterocycles. The van der Waals surface area contributed by atoms with Crippen LogP contribution in [0.2, 0.25) is 0 Å². The summed E-state index contributed by atoms with van der Waals surface area (Å²) in [6, 6.07) is 7.75. The van der Waals surface area contributed by atoms with Gasteiger partial charge in [0, 0.05) is 11.3 Å². The van der Waals surface area contributed by atoms with E-state index in [1.165, 1.54) is 0 Å². The van der Waals surface area contributed by atoms with E-state index in [-0.39, 0.29) is 5.56 Å². The van der Waals surface area contributed by atoms with Gasteiger partial charge >= 0.3 is 0 Å². The highest BCUT2D eigenvalue weighted by Gasteiger charge is 2.17. The molecule has 0 fully saturated rings. The molecule has 3 aromatic rings. The van der Waals surface area contributed by atoms with Crippen molar-refractivity contribution in [3.63, 3.8) is 0 Å². The molecule has 4 heteroatoms. The lowest BCUT2D eigenvalue weighted by atomic mass is 9.99. The Morgan fingerprint density at radius 1 is 1.30 bits per heavy atom. The highest BCUT2D eigenvalue weighted by atomic mass is 16.1. The first kappa shape index (κ1) is 12.9. The van der Waals surface area contributed by atoms with Crippen LogP contribution in [0, 0.1) is 0 Å². The van der Waals surface area contributed by atoms with Gasteiger partial charge in [0.15, 0.2) is 0 Å². The first-order chi connectivity index (χ1) is 9.67. The molecule has 1 unspecified atom stereocenters. The number of fused-ring (bicyclic) bond motifs is 3. The third kappa shape index (κ3) is 1.75. The number of hydrogen-bond donors (Lipinski definition) is 1. The maximum absolute atomic E-state index is 12.8. The van der Waals surface area contributed by atoms with Crippen molar-refractivity contribution < 1.29 is 0 Å². The van der Waals surface area contributed by atoms with Gasteiger partial charge < -0.3 is 4.98 Å². The van der Waals surface area contributed by atoms with Gasteiger partial charge in [-0.2, -0.15) is 0 Å². The summed E-state index contributed by atoms with van der Waals surface area (Å²) in [4.78, 5) is 20.7. The van der Waals surface area contributed by atoms with E-state index in [1.807, 2.05) is 31.2 Å². The zero-order chi connectivity index (χ0) is 14.3. The number of benzene rings is 1. The van der Waals surface area contributed by atoms with Crippen LogP contribution in [0.1, 0.15) is 44.4 Å². The number of H-pyrrole nitrogens is 1. The van der Waals surface area contributed by atoms with Gasteiger partial charge in [-0.05, 0) is 30.9 Å². The summed E-state index contributed by atoms with van der Waals surface area (Å²) in [6.45, 7) is 6.31. The van der Waals surface area contributed by atoms with E-state index in [4.69, 9.17) is 0 Å². The van der Waals surface area contributed by atoms with Crippen molar-refractivity contribution in [1.82, 2.24) is 14.4 Å². The second kappa shape index (κ2) is 4.78. The van der Waals surface area contributed by atoms with Crippen LogP contribution in [0.4, 0.5) is 0 Å². The Morgan fingerprint density at radius 3 is 2.75 bits per heavy atom. The Balaban J connectivity index is 2.46. The Morgan fingerprint density at radius 2 is 2.05 bits per heavy atom. The smallest absolute Gasteiger partial charge is 0.262 e. The molecule has 0 aliphatic heterocycles. The van der Waals surface area contributed by atoms with Crippen molar-refractivity contribution in [3.05, 3.63) is 45.9 Å². The molecule has 2 heterocycles. The van der Waals surface area contributed by atoms with Crippen LogP contribution in [0.25, 0.3) is 16.8 Å². The highest BCUT2D eigenvalue weighted by molar-refractivity contribution is 5.79. The van der Waals surface area contributed by atoms with Gasteiger partial charge in [-0.15, -0.1) is 0 Å². The molecule has 1 atom stereocenters. The fraction of sp³-hybridized carbons (Fsp3) is 0.375. The minimum absolute atomic E-state index is 0.0604. The number of imidazole rings is 1. The first-order valence-corrected chi connectivity index (χ1v) is 7.19. The molecule has 20 heavy (non-hydrogen) atoms. The topological polar surface area (TPSA) is 50.2 Å². The van der Waals surface area contributed by atoms with Crippen LogP contribution >= 0.6 is 0 Å². The zero-order valence-corrected chi connectivity index (χ0v) is 12.1. The third-order valence-electron chi connectivity index (χ3n) is 4.05. The number of aromatic nitrogens is 3. The summed E-state index contributed by atoms with van der Waals surface area (Å²) < 4.78 is 1.69. The second-order valence-electron chi connectivity index (χ2n) is 5.24. The van der Waals surface area contributed by atoms with Crippen LogP contribution in [0.15, 0.2) is 29.1 Å². The van der Waals surface area contributed by atoms with Crippen molar-refractivity contribution in [3.8, 4) is 0 Å². The van der Waals surface area contributed by atoms with Crippen LogP contribution in [-0.2, 0) is 6.42 Å². The molecule has 4 nitrogen and oxygen atoms in total. The largest absolute Gasteiger partial charge is 0.328 e. The first-order valence-electron chi connectivity index (χ1n) is 7.19. The summed E-state index contributed by atoms with van der Waals surface area (Å²) in [7, 11) is 0. The van der Waals surface area contributed by atoms with E-state index in [9.17, 15) is 4.79 Å².